The molecule has 1 saturated heterocycles. The third-order valence-electron chi connectivity index (χ3n) is 5.00. The van der Waals surface area contributed by atoms with Crippen molar-refractivity contribution in [2.75, 3.05) is 7.11 Å². The first-order valence-corrected chi connectivity index (χ1v) is 8.51. The number of nitrogens with zero attached hydrogens (tertiary/aromatic N) is 3. The van der Waals surface area contributed by atoms with E-state index in [2.05, 4.69) is 17.2 Å². The smallest absolute Gasteiger partial charge is 0.465 e. The number of fused-ring (bicyclic) bond motifs is 1. The molecule has 2 aromatic rings. The molecule has 0 amide bonds. The summed E-state index contributed by atoms with van der Waals surface area (Å²) in [7, 11) is 0.751. The predicted molar refractivity (Wildman–Crippen MR) is 94.9 cm³/mol. The molecule has 0 unspecified atom stereocenters. The van der Waals surface area contributed by atoms with Gasteiger partial charge in [0.1, 0.15) is 5.52 Å². The number of carbonyl (C=O) groups excluding carboxylic acids is 1. The van der Waals surface area contributed by atoms with Crippen molar-refractivity contribution < 1.29 is 18.8 Å². The molecule has 1 aliphatic heterocycles. The summed E-state index contributed by atoms with van der Waals surface area (Å²) in [5.74, 6) is -0.426. The number of rotatable bonds is 4. The van der Waals surface area contributed by atoms with Crippen LogP contribution in [0.3, 0.4) is 0 Å². The normalized spacial score (nSPS) is 18.7. The fourth-order valence-corrected chi connectivity index (χ4v) is 2.90. The quantitative estimate of drug-likeness (QED) is 0.623. The number of methoxy groups -OCH3 is 1. The molecule has 0 saturated carbocycles. The molecule has 25 heavy (non-hydrogen) atoms. The highest BCUT2D eigenvalue weighted by Gasteiger charge is 2.52. The van der Waals surface area contributed by atoms with Gasteiger partial charge in [-0.2, -0.15) is 0 Å². The Labute approximate surface area is 147 Å². The molecule has 0 aliphatic carbocycles. The summed E-state index contributed by atoms with van der Waals surface area (Å²) in [5.41, 5.74) is 1.65. The molecule has 1 aliphatic rings. The Morgan fingerprint density at radius 2 is 1.88 bits per heavy atom. The molecule has 134 valence electrons. The van der Waals surface area contributed by atoms with E-state index in [9.17, 15) is 4.79 Å². The molecule has 1 fully saturated rings. The van der Waals surface area contributed by atoms with Gasteiger partial charge < -0.3 is 14.0 Å². The zero-order valence-electron chi connectivity index (χ0n) is 15.6. The molecule has 8 heteroatoms. The highest BCUT2D eigenvalue weighted by molar-refractivity contribution is 6.65. The van der Waals surface area contributed by atoms with Gasteiger partial charge in [0.05, 0.1) is 29.4 Å². The lowest BCUT2D eigenvalue weighted by Gasteiger charge is -2.32. The van der Waals surface area contributed by atoms with Crippen LogP contribution in [0.25, 0.3) is 11.0 Å². The predicted octanol–water partition coefficient (Wildman–Crippen LogP) is 1.93. The van der Waals surface area contributed by atoms with Crippen molar-refractivity contribution in [3.8, 4) is 0 Å². The number of hydrogen-bond acceptors (Lipinski definition) is 6. The molecule has 1 aromatic heterocycles. The molecule has 0 bridgehead atoms. The van der Waals surface area contributed by atoms with Gasteiger partial charge in [-0.05, 0) is 46.2 Å². The third kappa shape index (κ3) is 2.93. The summed E-state index contributed by atoms with van der Waals surface area (Å²) in [5, 5.41) is 8.43. The van der Waals surface area contributed by atoms with Gasteiger partial charge in [0.2, 0.25) is 0 Å². The maximum atomic E-state index is 12.1. The minimum absolute atomic E-state index is 0.406. The van der Waals surface area contributed by atoms with E-state index in [1.54, 1.807) is 12.1 Å². The van der Waals surface area contributed by atoms with E-state index >= 15 is 0 Å². The van der Waals surface area contributed by atoms with Crippen LogP contribution in [0.4, 0.5) is 0 Å². The van der Waals surface area contributed by atoms with Crippen molar-refractivity contribution in [2.24, 2.45) is 0 Å². The Kier molecular flexibility index (Phi) is 4.37. The van der Waals surface area contributed by atoms with E-state index in [1.807, 2.05) is 32.4 Å². The van der Waals surface area contributed by atoms with Gasteiger partial charge in [0.25, 0.3) is 0 Å². The fourth-order valence-electron chi connectivity index (χ4n) is 2.90. The SMILES string of the molecule is CCCn1nnc2cc(C(=O)OC)cc(B3OC(C)(C)C(C)(C)O3)c21. The number of carbonyl (C=O) groups is 1. The Balaban J connectivity index is 2.17. The zero-order chi connectivity index (χ0) is 18.4. The number of benzene rings is 1. The number of aryl methyl sites for hydroxylation is 1. The van der Waals surface area contributed by atoms with Gasteiger partial charge in [0.15, 0.2) is 0 Å². The molecule has 0 spiro atoms. The van der Waals surface area contributed by atoms with Crippen LogP contribution in [0.15, 0.2) is 12.1 Å². The summed E-state index contributed by atoms with van der Waals surface area (Å²) < 4.78 is 19.1. The fraction of sp³-hybridized carbons (Fsp3) is 0.588. The first-order valence-electron chi connectivity index (χ1n) is 8.51. The van der Waals surface area contributed by atoms with Crippen LogP contribution in [0.5, 0.6) is 0 Å². The number of esters is 1. The van der Waals surface area contributed by atoms with Gasteiger partial charge in [-0.15, -0.1) is 5.10 Å². The van der Waals surface area contributed by atoms with Crippen LogP contribution in [-0.4, -0.2) is 46.4 Å². The number of ether oxygens (including phenoxy) is 1. The van der Waals surface area contributed by atoms with Gasteiger partial charge in [0, 0.05) is 12.0 Å². The van der Waals surface area contributed by atoms with Crippen molar-refractivity contribution in [1.29, 1.82) is 0 Å². The Morgan fingerprint density at radius 1 is 1.24 bits per heavy atom. The topological polar surface area (TPSA) is 75.5 Å². The van der Waals surface area contributed by atoms with Crippen molar-refractivity contribution in [1.82, 2.24) is 15.0 Å². The first kappa shape index (κ1) is 17.9. The van der Waals surface area contributed by atoms with Crippen molar-refractivity contribution in [2.45, 2.75) is 58.8 Å². The summed E-state index contributed by atoms with van der Waals surface area (Å²) in [4.78, 5) is 12.1. The maximum absolute atomic E-state index is 12.1. The van der Waals surface area contributed by atoms with Crippen molar-refractivity contribution in [3.63, 3.8) is 0 Å². The average Bonchev–Trinajstić information content (AvgIpc) is 3.04. The standard InChI is InChI=1S/C17H24BN3O4/c1-7-8-21-14-12(18-24-16(2,3)17(4,5)25-18)9-11(15(22)23-6)10-13(14)19-20-21/h9-10H,7-8H2,1-6H3. The molecular formula is C17H24BN3O4. The van der Waals surface area contributed by atoms with Gasteiger partial charge >= 0.3 is 13.1 Å². The Morgan fingerprint density at radius 3 is 2.44 bits per heavy atom. The van der Waals surface area contributed by atoms with Crippen LogP contribution in [0.2, 0.25) is 0 Å². The lowest BCUT2D eigenvalue weighted by atomic mass is 9.77. The lowest BCUT2D eigenvalue weighted by Crippen LogP contribution is -2.41. The number of aromatic nitrogens is 3. The molecule has 2 heterocycles. The van der Waals surface area contributed by atoms with E-state index in [4.69, 9.17) is 14.0 Å². The molecule has 3 rings (SSSR count). The van der Waals surface area contributed by atoms with Crippen molar-refractivity contribution in [3.05, 3.63) is 17.7 Å². The van der Waals surface area contributed by atoms with Crippen LogP contribution in [0, 0.1) is 0 Å². The van der Waals surface area contributed by atoms with Gasteiger partial charge in [-0.25, -0.2) is 9.48 Å². The molecule has 0 atom stereocenters. The monoisotopic (exact) mass is 345 g/mol. The number of hydrogen-bond donors (Lipinski definition) is 0. The van der Waals surface area contributed by atoms with Gasteiger partial charge in [-0.3, -0.25) is 0 Å². The zero-order valence-corrected chi connectivity index (χ0v) is 15.6. The van der Waals surface area contributed by atoms with E-state index in [0.29, 0.717) is 11.1 Å². The minimum Gasteiger partial charge on any atom is -0.465 e. The molecular weight excluding hydrogens is 321 g/mol. The average molecular weight is 345 g/mol. The highest BCUT2D eigenvalue weighted by Crippen LogP contribution is 2.37. The van der Waals surface area contributed by atoms with Crippen LogP contribution < -0.4 is 5.46 Å². The summed E-state index contributed by atoms with van der Waals surface area (Å²) >= 11 is 0. The second-order valence-corrected chi connectivity index (χ2v) is 7.33. The lowest BCUT2D eigenvalue weighted by molar-refractivity contribution is 0.00578. The second kappa shape index (κ2) is 6.11. The summed E-state index contributed by atoms with van der Waals surface area (Å²) in [6.45, 7) is 10.8. The largest absolute Gasteiger partial charge is 0.497 e. The minimum atomic E-state index is -0.605. The molecule has 1 aromatic carbocycles. The molecule has 0 N–H and O–H groups in total. The summed E-state index contributed by atoms with van der Waals surface area (Å²) in [6.07, 6.45) is 0.917. The first-order chi connectivity index (χ1) is 11.7. The van der Waals surface area contributed by atoms with Crippen LogP contribution >= 0.6 is 0 Å². The highest BCUT2D eigenvalue weighted by atomic mass is 16.7. The van der Waals surface area contributed by atoms with Crippen molar-refractivity contribution >= 4 is 29.6 Å². The Bertz CT molecular complexity index is 800. The summed E-state index contributed by atoms with van der Waals surface area (Å²) in [6, 6.07) is 3.45. The van der Waals surface area contributed by atoms with E-state index in [-0.39, 0.29) is 0 Å². The Hall–Kier alpha value is -1.93. The molecule has 0 radical (unpaired) electrons. The van der Waals surface area contributed by atoms with Crippen LogP contribution in [0.1, 0.15) is 51.4 Å². The molecule has 7 nitrogen and oxygen atoms in total. The maximum Gasteiger partial charge on any atom is 0.497 e. The second-order valence-electron chi connectivity index (χ2n) is 7.33. The van der Waals surface area contributed by atoms with E-state index in [0.717, 1.165) is 23.9 Å². The van der Waals surface area contributed by atoms with E-state index < -0.39 is 24.3 Å². The van der Waals surface area contributed by atoms with E-state index in [1.165, 1.54) is 7.11 Å². The third-order valence-corrected chi connectivity index (χ3v) is 5.00. The van der Waals surface area contributed by atoms with Gasteiger partial charge in [-0.1, -0.05) is 12.1 Å². The van der Waals surface area contributed by atoms with Crippen LogP contribution in [-0.2, 0) is 20.6 Å².